The first-order valence-corrected chi connectivity index (χ1v) is 16.5. The third kappa shape index (κ3) is 9.96. The molecule has 1 heterocycles. The normalized spacial score (nSPS) is 15.0. The predicted molar refractivity (Wildman–Crippen MR) is 180 cm³/mol. The van der Waals surface area contributed by atoms with Crippen LogP contribution in [0.2, 0.25) is 0 Å². The van der Waals surface area contributed by atoms with Gasteiger partial charge in [0.25, 0.3) is 0 Å². The Morgan fingerprint density at radius 1 is 1.02 bits per heavy atom. The number of benzene rings is 2. The molecule has 2 N–H and O–H groups in total. The monoisotopic (exact) mass is 633 g/mol. The van der Waals surface area contributed by atoms with Gasteiger partial charge in [-0.2, -0.15) is 0 Å². The first-order valence-electron chi connectivity index (χ1n) is 16.5. The largest absolute Gasteiger partial charge is 0.494 e. The van der Waals surface area contributed by atoms with Gasteiger partial charge in [-0.15, -0.1) is 0 Å². The summed E-state index contributed by atoms with van der Waals surface area (Å²) in [6.07, 6.45) is 6.91. The zero-order chi connectivity index (χ0) is 33.4. The van der Waals surface area contributed by atoms with Crippen molar-refractivity contribution in [1.29, 1.82) is 0 Å². The molecule has 2 aromatic rings. The number of esters is 1. The summed E-state index contributed by atoms with van der Waals surface area (Å²) in [7, 11) is 1.92. The Balaban J connectivity index is 1.39. The van der Waals surface area contributed by atoms with E-state index in [0.717, 1.165) is 40.7 Å². The zero-order valence-electron chi connectivity index (χ0n) is 28.6. The summed E-state index contributed by atoms with van der Waals surface area (Å²) in [6, 6.07) is 9.68. The second-order valence-electron chi connectivity index (χ2n) is 13.7. The molecule has 4 rings (SSSR count). The summed E-state index contributed by atoms with van der Waals surface area (Å²) in [5, 5.41) is 5.70. The number of carbonyl (C=O) groups is 3. The average molecular weight is 634 g/mol. The standard InChI is InChI=1S/C36H51N5O5/c1-24-18-25(2)30(26(3)19-24)23-46-33(43)22-41-21-27-20-29(15-16-31(27)37-34(41)38-35(44)39-36(4,5)6)45-17-11-14-32(42)40(7)28-12-9-8-10-13-28/h15-16,18-20,28H,8-14,17,21-23H2,1-7H3,(H2,37,38,39,44). The Morgan fingerprint density at radius 2 is 1.72 bits per heavy atom. The van der Waals surface area contributed by atoms with E-state index in [1.807, 2.05) is 71.7 Å². The van der Waals surface area contributed by atoms with Crippen LogP contribution in [-0.4, -0.2) is 65.4 Å². The van der Waals surface area contributed by atoms with E-state index in [4.69, 9.17) is 9.47 Å². The minimum absolute atomic E-state index is 0.0975. The maximum absolute atomic E-state index is 13.1. The first kappa shape index (κ1) is 34.8. The molecule has 1 aliphatic carbocycles. The third-order valence-electron chi connectivity index (χ3n) is 8.51. The number of hydrogen-bond donors (Lipinski definition) is 2. The number of guanidine groups is 1. The van der Waals surface area contributed by atoms with Crippen molar-refractivity contribution in [2.45, 2.75) is 111 Å². The highest BCUT2D eigenvalue weighted by Gasteiger charge is 2.26. The Labute approximate surface area is 273 Å². The van der Waals surface area contributed by atoms with Crippen molar-refractivity contribution in [2.75, 3.05) is 20.2 Å². The van der Waals surface area contributed by atoms with Crippen LogP contribution < -0.4 is 15.4 Å². The van der Waals surface area contributed by atoms with Gasteiger partial charge in [-0.1, -0.05) is 37.0 Å². The number of amides is 3. The van der Waals surface area contributed by atoms with Gasteiger partial charge in [0, 0.05) is 37.2 Å². The number of hydrogen-bond acceptors (Lipinski definition) is 7. The van der Waals surface area contributed by atoms with E-state index in [1.165, 1.54) is 19.3 Å². The number of fused-ring (bicyclic) bond motifs is 1. The molecule has 1 saturated carbocycles. The predicted octanol–water partition coefficient (Wildman–Crippen LogP) is 6.21. The van der Waals surface area contributed by atoms with E-state index in [-0.39, 0.29) is 25.0 Å². The second kappa shape index (κ2) is 15.5. The van der Waals surface area contributed by atoms with E-state index in [1.54, 1.807) is 4.90 Å². The number of ether oxygens (including phenoxy) is 2. The molecule has 3 amide bonds. The SMILES string of the molecule is Cc1cc(C)c(COC(=O)CN2Cc3cc(OCCCC(=O)N(C)C4CCCCC4)ccc3N=C2NC(=O)NC(C)(C)C)c(C)c1. The fourth-order valence-corrected chi connectivity index (χ4v) is 6.12. The molecule has 250 valence electrons. The van der Waals surface area contributed by atoms with Crippen molar-refractivity contribution in [3.05, 3.63) is 58.1 Å². The van der Waals surface area contributed by atoms with Crippen LogP contribution in [0, 0.1) is 20.8 Å². The molecule has 1 aliphatic heterocycles. The van der Waals surface area contributed by atoms with Gasteiger partial charge in [0.05, 0.1) is 12.3 Å². The Hall–Kier alpha value is -4.08. The third-order valence-corrected chi connectivity index (χ3v) is 8.51. The molecular formula is C36H51N5O5. The lowest BCUT2D eigenvalue weighted by molar-refractivity contribution is -0.145. The summed E-state index contributed by atoms with van der Waals surface area (Å²) in [5.41, 5.74) is 5.39. The maximum atomic E-state index is 13.1. The molecule has 0 radical (unpaired) electrons. The molecule has 0 saturated heterocycles. The quantitative estimate of drug-likeness (QED) is 0.238. The molecule has 0 atom stereocenters. The lowest BCUT2D eigenvalue weighted by Crippen LogP contribution is -2.53. The molecular weight excluding hydrogens is 582 g/mol. The topological polar surface area (TPSA) is 113 Å². The number of urea groups is 1. The van der Waals surface area contributed by atoms with E-state index in [2.05, 4.69) is 27.8 Å². The number of nitrogens with one attached hydrogen (secondary N) is 2. The smallest absolute Gasteiger partial charge is 0.325 e. The summed E-state index contributed by atoms with van der Waals surface area (Å²) in [5.74, 6) is 0.671. The van der Waals surface area contributed by atoms with Crippen molar-refractivity contribution in [1.82, 2.24) is 20.4 Å². The fourth-order valence-electron chi connectivity index (χ4n) is 6.12. The van der Waals surface area contributed by atoms with Crippen LogP contribution in [0.5, 0.6) is 5.75 Å². The van der Waals surface area contributed by atoms with Crippen LogP contribution in [0.4, 0.5) is 10.5 Å². The molecule has 0 spiro atoms. The van der Waals surface area contributed by atoms with Gasteiger partial charge in [0.1, 0.15) is 18.9 Å². The van der Waals surface area contributed by atoms with Gasteiger partial charge in [0.2, 0.25) is 11.9 Å². The van der Waals surface area contributed by atoms with Crippen molar-refractivity contribution >= 4 is 29.6 Å². The summed E-state index contributed by atoms with van der Waals surface area (Å²) in [6.45, 7) is 12.6. The van der Waals surface area contributed by atoms with E-state index < -0.39 is 17.5 Å². The van der Waals surface area contributed by atoms with Crippen molar-refractivity contribution in [3.8, 4) is 5.75 Å². The lowest BCUT2D eigenvalue weighted by atomic mass is 9.94. The molecule has 0 aromatic heterocycles. The average Bonchev–Trinajstić information content (AvgIpc) is 2.98. The van der Waals surface area contributed by atoms with E-state index >= 15 is 0 Å². The van der Waals surface area contributed by atoms with Crippen LogP contribution in [0.3, 0.4) is 0 Å². The molecule has 1 fully saturated rings. The number of carbonyl (C=O) groups excluding carboxylic acids is 3. The highest BCUT2D eigenvalue weighted by atomic mass is 16.5. The highest BCUT2D eigenvalue weighted by Crippen LogP contribution is 2.30. The van der Waals surface area contributed by atoms with E-state index in [9.17, 15) is 14.4 Å². The van der Waals surface area contributed by atoms with Gasteiger partial charge < -0.3 is 24.6 Å². The number of aliphatic imine (C=N–C) groups is 1. The zero-order valence-corrected chi connectivity index (χ0v) is 28.6. The number of aryl methyl sites for hydroxylation is 3. The van der Waals surface area contributed by atoms with Crippen LogP contribution >= 0.6 is 0 Å². The van der Waals surface area contributed by atoms with Crippen molar-refractivity contribution < 1.29 is 23.9 Å². The molecule has 10 nitrogen and oxygen atoms in total. The van der Waals surface area contributed by atoms with Gasteiger partial charge in [-0.25, -0.2) is 9.79 Å². The first-order chi connectivity index (χ1) is 21.8. The Bertz CT molecular complexity index is 1420. The van der Waals surface area contributed by atoms with Crippen LogP contribution in [0.25, 0.3) is 0 Å². The summed E-state index contributed by atoms with van der Waals surface area (Å²) >= 11 is 0. The van der Waals surface area contributed by atoms with Crippen LogP contribution in [-0.2, 0) is 27.5 Å². The highest BCUT2D eigenvalue weighted by molar-refractivity contribution is 5.99. The number of rotatable bonds is 10. The minimum Gasteiger partial charge on any atom is -0.494 e. The molecule has 2 aromatic carbocycles. The van der Waals surface area contributed by atoms with Gasteiger partial charge >= 0.3 is 12.0 Å². The lowest BCUT2D eigenvalue weighted by Gasteiger charge is -2.31. The maximum Gasteiger partial charge on any atom is 0.325 e. The molecule has 0 bridgehead atoms. The second-order valence-corrected chi connectivity index (χ2v) is 13.7. The van der Waals surface area contributed by atoms with Crippen molar-refractivity contribution in [3.63, 3.8) is 0 Å². The number of nitrogens with zero attached hydrogens (tertiary/aromatic N) is 3. The summed E-state index contributed by atoms with van der Waals surface area (Å²) < 4.78 is 11.7. The molecule has 46 heavy (non-hydrogen) atoms. The molecule has 10 heteroatoms. The van der Waals surface area contributed by atoms with Gasteiger partial charge in [-0.05, 0) is 95.7 Å². The van der Waals surface area contributed by atoms with Crippen molar-refractivity contribution in [2.24, 2.45) is 4.99 Å². The van der Waals surface area contributed by atoms with Gasteiger partial charge in [-0.3, -0.25) is 14.9 Å². The Kier molecular flexibility index (Phi) is 11.7. The van der Waals surface area contributed by atoms with Gasteiger partial charge in [0.15, 0.2) is 0 Å². The molecule has 2 aliphatic rings. The van der Waals surface area contributed by atoms with Crippen LogP contribution in [0.1, 0.15) is 93.5 Å². The summed E-state index contributed by atoms with van der Waals surface area (Å²) in [4.78, 5) is 46.9. The Morgan fingerprint density at radius 3 is 2.39 bits per heavy atom. The van der Waals surface area contributed by atoms with E-state index in [0.29, 0.717) is 43.5 Å². The van der Waals surface area contributed by atoms with Crippen LogP contribution in [0.15, 0.2) is 35.3 Å². The minimum atomic E-state index is -0.452. The molecule has 0 unspecified atom stereocenters. The fraction of sp³-hybridized carbons (Fsp3) is 0.556.